The third kappa shape index (κ3) is 4.96. The number of nitrogens with one attached hydrogen (secondary N) is 1. The van der Waals surface area contributed by atoms with Gasteiger partial charge in [-0.1, -0.05) is 0 Å². The summed E-state index contributed by atoms with van der Waals surface area (Å²) in [6.45, 7) is 0.255. The van der Waals surface area contributed by atoms with Gasteiger partial charge in [-0.3, -0.25) is 14.6 Å². The smallest absolute Gasteiger partial charge is 0.309 e. The number of pyridine rings is 1. The minimum Gasteiger partial charge on any atom is -0.467 e. The average molecular weight is 407 g/mol. The van der Waals surface area contributed by atoms with Crippen LogP contribution in [0.25, 0.3) is 0 Å². The van der Waals surface area contributed by atoms with Gasteiger partial charge < -0.3 is 14.5 Å². The summed E-state index contributed by atoms with van der Waals surface area (Å²) in [6, 6.07) is 6.49. The number of carbonyl (C=O) groups is 2. The van der Waals surface area contributed by atoms with E-state index in [4.69, 9.17) is 9.15 Å². The lowest BCUT2D eigenvalue weighted by atomic mass is 9.98. The molecular formula is C18H21N3O6S. The van der Waals surface area contributed by atoms with Crippen molar-refractivity contribution in [2.45, 2.75) is 24.3 Å². The molecule has 9 nitrogen and oxygen atoms in total. The molecule has 2 aromatic rings. The Morgan fingerprint density at radius 3 is 2.68 bits per heavy atom. The first kappa shape index (κ1) is 20.0. The van der Waals surface area contributed by atoms with Crippen molar-refractivity contribution in [3.05, 3.63) is 48.7 Å². The van der Waals surface area contributed by atoms with Crippen LogP contribution >= 0.6 is 0 Å². The summed E-state index contributed by atoms with van der Waals surface area (Å²) >= 11 is 0. The van der Waals surface area contributed by atoms with Crippen LogP contribution in [0.4, 0.5) is 0 Å². The van der Waals surface area contributed by atoms with Crippen molar-refractivity contribution in [2.24, 2.45) is 5.92 Å². The summed E-state index contributed by atoms with van der Waals surface area (Å²) in [5.74, 6) is -0.756. The monoisotopic (exact) mass is 407 g/mol. The maximum absolute atomic E-state index is 12.6. The van der Waals surface area contributed by atoms with Gasteiger partial charge in [-0.05, 0) is 37.1 Å². The van der Waals surface area contributed by atoms with Crippen LogP contribution in [0.3, 0.4) is 0 Å². The van der Waals surface area contributed by atoms with Crippen molar-refractivity contribution in [3.8, 4) is 0 Å². The van der Waals surface area contributed by atoms with Crippen LogP contribution in [-0.2, 0) is 30.9 Å². The molecule has 0 aliphatic carbocycles. The van der Waals surface area contributed by atoms with Crippen molar-refractivity contribution in [1.29, 1.82) is 0 Å². The van der Waals surface area contributed by atoms with Gasteiger partial charge in [0.25, 0.3) is 5.91 Å². The second-order valence-electron chi connectivity index (χ2n) is 6.33. The van der Waals surface area contributed by atoms with Crippen molar-refractivity contribution in [3.63, 3.8) is 0 Å². The normalized spacial score (nSPS) is 15.9. The van der Waals surface area contributed by atoms with E-state index in [1.807, 2.05) is 0 Å². The van der Waals surface area contributed by atoms with Gasteiger partial charge >= 0.3 is 5.97 Å². The topological polar surface area (TPSA) is 119 Å². The zero-order valence-corrected chi connectivity index (χ0v) is 15.9. The predicted molar refractivity (Wildman–Crippen MR) is 97.2 cm³/mol. The molecule has 0 radical (unpaired) electrons. The van der Waals surface area contributed by atoms with Crippen molar-refractivity contribution in [2.75, 3.05) is 19.7 Å². The number of nitrogens with zero attached hydrogens (tertiary/aromatic N) is 2. The molecule has 0 bridgehead atoms. The van der Waals surface area contributed by atoms with Crippen molar-refractivity contribution in [1.82, 2.24) is 14.6 Å². The fourth-order valence-electron chi connectivity index (χ4n) is 2.89. The van der Waals surface area contributed by atoms with E-state index in [-0.39, 0.29) is 31.1 Å². The molecule has 1 aliphatic rings. The highest BCUT2D eigenvalue weighted by molar-refractivity contribution is 7.89. The van der Waals surface area contributed by atoms with Crippen molar-refractivity contribution >= 4 is 21.9 Å². The fraction of sp³-hybridized carbons (Fsp3) is 0.389. The SMILES string of the molecule is O=C(COC(=O)C1CCN(S(=O)(=O)c2cccnc2)CC1)NCc1ccco1. The van der Waals surface area contributed by atoms with Crippen LogP contribution in [0.1, 0.15) is 18.6 Å². The molecule has 3 rings (SSSR count). The second kappa shape index (κ2) is 8.98. The summed E-state index contributed by atoms with van der Waals surface area (Å²) in [7, 11) is -3.62. The van der Waals surface area contributed by atoms with E-state index in [0.717, 1.165) is 0 Å². The molecule has 2 aromatic heterocycles. The molecule has 1 N–H and O–H groups in total. The van der Waals surface area contributed by atoms with Crippen LogP contribution in [0.2, 0.25) is 0 Å². The summed E-state index contributed by atoms with van der Waals surface area (Å²) in [4.78, 5) is 27.9. The molecule has 0 spiro atoms. The lowest BCUT2D eigenvalue weighted by molar-refractivity contribution is -0.153. The van der Waals surface area contributed by atoms with E-state index in [2.05, 4.69) is 10.3 Å². The predicted octanol–water partition coefficient (Wildman–Crippen LogP) is 0.935. The highest BCUT2D eigenvalue weighted by Gasteiger charge is 2.33. The van der Waals surface area contributed by atoms with Gasteiger partial charge in [0, 0.05) is 25.5 Å². The lowest BCUT2D eigenvalue weighted by Crippen LogP contribution is -2.41. The molecule has 150 valence electrons. The number of aromatic nitrogens is 1. The molecule has 0 unspecified atom stereocenters. The molecule has 1 aliphatic heterocycles. The van der Waals surface area contributed by atoms with Gasteiger partial charge in [-0.25, -0.2) is 8.42 Å². The number of carbonyl (C=O) groups excluding carboxylic acids is 2. The minimum absolute atomic E-state index is 0.129. The Balaban J connectivity index is 1.43. The van der Waals surface area contributed by atoms with Gasteiger partial charge in [0.05, 0.1) is 18.7 Å². The highest BCUT2D eigenvalue weighted by Crippen LogP contribution is 2.24. The zero-order chi connectivity index (χ0) is 20.0. The molecule has 1 fully saturated rings. The van der Waals surface area contributed by atoms with Gasteiger partial charge in [-0.15, -0.1) is 0 Å². The Kier molecular flexibility index (Phi) is 6.42. The quantitative estimate of drug-likeness (QED) is 0.678. The molecule has 3 heterocycles. The fourth-order valence-corrected chi connectivity index (χ4v) is 4.32. The first-order chi connectivity index (χ1) is 13.5. The minimum atomic E-state index is -3.62. The van der Waals surface area contributed by atoms with E-state index in [1.54, 1.807) is 18.2 Å². The van der Waals surface area contributed by atoms with Crippen LogP contribution in [0.15, 0.2) is 52.2 Å². The highest BCUT2D eigenvalue weighted by atomic mass is 32.2. The number of hydrogen-bond donors (Lipinski definition) is 1. The van der Waals surface area contributed by atoms with E-state index < -0.39 is 27.8 Å². The number of furan rings is 1. The van der Waals surface area contributed by atoms with Crippen LogP contribution in [0.5, 0.6) is 0 Å². The number of hydrogen-bond acceptors (Lipinski definition) is 7. The summed E-state index contributed by atoms with van der Waals surface area (Å²) in [6.07, 6.45) is 4.99. The zero-order valence-electron chi connectivity index (χ0n) is 15.1. The largest absolute Gasteiger partial charge is 0.467 e. The number of amides is 1. The van der Waals surface area contributed by atoms with Crippen LogP contribution in [0, 0.1) is 5.92 Å². The van der Waals surface area contributed by atoms with Gasteiger partial charge in [-0.2, -0.15) is 4.31 Å². The Hall–Kier alpha value is -2.72. The number of piperidine rings is 1. The molecule has 0 aromatic carbocycles. The molecule has 0 atom stereocenters. The van der Waals surface area contributed by atoms with Gasteiger partial charge in [0.15, 0.2) is 6.61 Å². The molecule has 1 saturated heterocycles. The van der Waals surface area contributed by atoms with Crippen LogP contribution in [-0.4, -0.2) is 49.3 Å². The number of rotatable bonds is 7. The third-order valence-electron chi connectivity index (χ3n) is 4.44. The van der Waals surface area contributed by atoms with E-state index >= 15 is 0 Å². The Morgan fingerprint density at radius 1 is 1.25 bits per heavy atom. The van der Waals surface area contributed by atoms with Gasteiger partial charge in [0.2, 0.25) is 10.0 Å². The van der Waals surface area contributed by atoms with E-state index in [0.29, 0.717) is 18.6 Å². The second-order valence-corrected chi connectivity index (χ2v) is 8.27. The molecule has 10 heteroatoms. The van der Waals surface area contributed by atoms with Crippen molar-refractivity contribution < 1.29 is 27.2 Å². The van der Waals surface area contributed by atoms with Crippen LogP contribution < -0.4 is 5.32 Å². The Labute approximate surface area is 162 Å². The molecule has 1 amide bonds. The first-order valence-electron chi connectivity index (χ1n) is 8.82. The van der Waals surface area contributed by atoms with Gasteiger partial charge in [0.1, 0.15) is 10.7 Å². The standard InChI is InChI=1S/C18H21N3O6S/c22-17(20-11-15-3-2-10-26-15)13-27-18(23)14-5-8-21(9-6-14)28(24,25)16-4-1-7-19-12-16/h1-4,7,10,12,14H,5-6,8-9,11,13H2,(H,20,22). The average Bonchev–Trinajstić information content (AvgIpc) is 3.25. The van der Waals surface area contributed by atoms with E-state index in [1.165, 1.54) is 29.0 Å². The first-order valence-corrected chi connectivity index (χ1v) is 10.3. The third-order valence-corrected chi connectivity index (χ3v) is 6.33. The summed E-state index contributed by atoms with van der Waals surface area (Å²) < 4.78 is 36.6. The van der Waals surface area contributed by atoms with E-state index in [9.17, 15) is 18.0 Å². The number of esters is 1. The summed E-state index contributed by atoms with van der Waals surface area (Å²) in [5.41, 5.74) is 0. The maximum atomic E-state index is 12.6. The molecule has 28 heavy (non-hydrogen) atoms. The summed E-state index contributed by atoms with van der Waals surface area (Å²) in [5, 5.41) is 2.59. The Morgan fingerprint density at radius 2 is 2.04 bits per heavy atom. The Bertz CT molecular complexity index is 891. The number of ether oxygens (including phenoxy) is 1. The molecular weight excluding hydrogens is 386 g/mol. The maximum Gasteiger partial charge on any atom is 0.309 e. The number of sulfonamides is 1. The lowest BCUT2D eigenvalue weighted by Gasteiger charge is -2.29. The molecule has 0 saturated carbocycles.